The van der Waals surface area contributed by atoms with Gasteiger partial charge in [-0.25, -0.2) is 0 Å². The number of methoxy groups -OCH3 is 1. The van der Waals surface area contributed by atoms with Crippen LogP contribution >= 0.6 is 12.2 Å². The number of allylic oxidation sites excluding steroid dienone is 2. The number of ether oxygens (including phenoxy) is 2. The third-order valence-electron chi connectivity index (χ3n) is 4.86. The van der Waals surface area contributed by atoms with Crippen LogP contribution in [0.1, 0.15) is 19.3 Å². The number of rotatable bonds is 7. The average Bonchev–Trinajstić information content (AvgIpc) is 3.35. The Morgan fingerprint density at radius 1 is 1.40 bits per heavy atom. The average molecular weight is 450 g/mol. The van der Waals surface area contributed by atoms with Gasteiger partial charge in [-0.2, -0.15) is 13.7 Å². The standard InChI is InChI=1S/C20H23N3O5S2/c1-27-16-6-7-18-17(13-16)23(11-4-12-30(24,25)26)19(28-18)8-5-15(14-21)20(29)22-9-2-3-10-22/h5-8,13H,2-4,9-12H2,1H3,(H,24,25,26)/b15-5+,19-8-. The molecule has 1 N–H and O–H groups in total. The van der Waals surface area contributed by atoms with Gasteiger partial charge < -0.3 is 19.3 Å². The Balaban J connectivity index is 1.86. The Labute approximate surface area is 181 Å². The van der Waals surface area contributed by atoms with E-state index in [0.717, 1.165) is 25.9 Å². The predicted octanol–water partition coefficient (Wildman–Crippen LogP) is 2.89. The molecule has 2 aliphatic heterocycles. The van der Waals surface area contributed by atoms with Crippen LogP contribution in [0.15, 0.2) is 41.8 Å². The molecule has 160 valence electrons. The molecule has 1 aromatic rings. The molecule has 8 nitrogen and oxygen atoms in total. The monoisotopic (exact) mass is 449 g/mol. The highest BCUT2D eigenvalue weighted by Crippen LogP contribution is 2.41. The molecule has 0 atom stereocenters. The van der Waals surface area contributed by atoms with Crippen LogP contribution in [0.25, 0.3) is 0 Å². The first kappa shape index (κ1) is 22.1. The Kier molecular flexibility index (Phi) is 6.97. The number of anilines is 1. The number of nitriles is 1. The van der Waals surface area contributed by atoms with Gasteiger partial charge in [-0.15, -0.1) is 0 Å². The first-order chi connectivity index (χ1) is 14.3. The molecule has 1 saturated heterocycles. The zero-order chi connectivity index (χ0) is 21.7. The van der Waals surface area contributed by atoms with Crippen LogP contribution in [-0.2, 0) is 10.1 Å². The highest BCUT2D eigenvalue weighted by Gasteiger charge is 2.27. The molecule has 0 spiro atoms. The van der Waals surface area contributed by atoms with E-state index >= 15 is 0 Å². The van der Waals surface area contributed by atoms with E-state index in [1.54, 1.807) is 42.4 Å². The second-order valence-electron chi connectivity index (χ2n) is 6.92. The fourth-order valence-corrected chi connectivity index (χ4v) is 4.16. The lowest BCUT2D eigenvalue weighted by molar-refractivity contribution is 0.413. The summed E-state index contributed by atoms with van der Waals surface area (Å²) < 4.78 is 42.4. The zero-order valence-electron chi connectivity index (χ0n) is 16.6. The smallest absolute Gasteiger partial charge is 0.264 e. The molecule has 0 saturated carbocycles. The van der Waals surface area contributed by atoms with Crippen molar-refractivity contribution in [2.24, 2.45) is 0 Å². The van der Waals surface area contributed by atoms with E-state index < -0.39 is 10.1 Å². The van der Waals surface area contributed by atoms with Gasteiger partial charge in [0.05, 0.1) is 24.1 Å². The summed E-state index contributed by atoms with van der Waals surface area (Å²) in [6, 6.07) is 7.45. The van der Waals surface area contributed by atoms with Crippen molar-refractivity contribution in [3.8, 4) is 17.6 Å². The van der Waals surface area contributed by atoms with Gasteiger partial charge in [0.15, 0.2) is 5.75 Å². The Bertz CT molecular complexity index is 1020. The van der Waals surface area contributed by atoms with Crippen LogP contribution in [0.3, 0.4) is 0 Å². The Morgan fingerprint density at radius 2 is 2.13 bits per heavy atom. The summed E-state index contributed by atoms with van der Waals surface area (Å²) in [5.74, 6) is 1.28. The molecular weight excluding hydrogens is 426 g/mol. The van der Waals surface area contributed by atoms with Gasteiger partial charge in [0, 0.05) is 31.8 Å². The number of likely N-dealkylation sites (tertiary alicyclic amines) is 1. The van der Waals surface area contributed by atoms with Gasteiger partial charge >= 0.3 is 0 Å². The minimum absolute atomic E-state index is 0.192. The fourth-order valence-electron chi connectivity index (χ4n) is 3.37. The maximum Gasteiger partial charge on any atom is 0.264 e. The minimum atomic E-state index is -4.06. The van der Waals surface area contributed by atoms with E-state index in [2.05, 4.69) is 6.07 Å². The summed E-state index contributed by atoms with van der Waals surface area (Å²) in [7, 11) is -2.51. The van der Waals surface area contributed by atoms with Crippen molar-refractivity contribution in [2.45, 2.75) is 19.3 Å². The van der Waals surface area contributed by atoms with Gasteiger partial charge in [-0.05, 0) is 37.5 Å². The molecule has 1 fully saturated rings. The number of thiocarbonyl (C=S) groups is 1. The van der Waals surface area contributed by atoms with E-state index in [1.165, 1.54) is 0 Å². The van der Waals surface area contributed by atoms with Crippen LogP contribution in [0, 0.1) is 11.3 Å². The molecule has 10 heteroatoms. The predicted molar refractivity (Wildman–Crippen MR) is 117 cm³/mol. The number of nitrogens with zero attached hydrogens (tertiary/aromatic N) is 3. The topological polar surface area (TPSA) is 103 Å². The molecular formula is C20H23N3O5S2. The SMILES string of the molecule is COc1ccc2c(c1)N(CCCS(=O)(=O)O)/C(=C/C=C(\C#N)C(=S)N1CCCC1)O2. The van der Waals surface area contributed by atoms with E-state index in [9.17, 15) is 13.7 Å². The molecule has 0 unspecified atom stereocenters. The van der Waals surface area contributed by atoms with Crippen molar-refractivity contribution < 1.29 is 22.4 Å². The molecule has 0 bridgehead atoms. The van der Waals surface area contributed by atoms with Crippen LogP contribution in [0.4, 0.5) is 5.69 Å². The van der Waals surface area contributed by atoms with Crippen molar-refractivity contribution in [1.82, 2.24) is 4.90 Å². The normalized spacial score (nSPS) is 17.6. The highest BCUT2D eigenvalue weighted by atomic mass is 32.2. The van der Waals surface area contributed by atoms with Crippen LogP contribution in [0.2, 0.25) is 0 Å². The first-order valence-corrected chi connectivity index (χ1v) is 11.5. The lowest BCUT2D eigenvalue weighted by Gasteiger charge is -2.19. The number of hydrogen-bond acceptors (Lipinski definition) is 7. The lowest BCUT2D eigenvalue weighted by atomic mass is 10.2. The molecule has 0 radical (unpaired) electrons. The molecule has 2 heterocycles. The minimum Gasteiger partial charge on any atom is -0.497 e. The molecule has 30 heavy (non-hydrogen) atoms. The maximum absolute atomic E-state index is 11.1. The quantitative estimate of drug-likeness (QED) is 0.291. The number of hydrogen-bond donors (Lipinski definition) is 1. The third kappa shape index (κ3) is 5.30. The lowest BCUT2D eigenvalue weighted by Crippen LogP contribution is -2.27. The fraction of sp³-hybridized carbons (Fsp3) is 0.400. The molecule has 2 aliphatic rings. The number of fused-ring (bicyclic) bond motifs is 1. The summed E-state index contributed by atoms with van der Waals surface area (Å²) >= 11 is 5.46. The Morgan fingerprint density at radius 3 is 2.77 bits per heavy atom. The summed E-state index contributed by atoms with van der Waals surface area (Å²) in [5.41, 5.74) is 1.08. The zero-order valence-corrected chi connectivity index (χ0v) is 18.2. The van der Waals surface area contributed by atoms with Gasteiger partial charge in [0.1, 0.15) is 16.8 Å². The molecule has 1 aromatic carbocycles. The summed E-state index contributed by atoms with van der Waals surface area (Å²) in [6.07, 6.45) is 5.58. The largest absolute Gasteiger partial charge is 0.497 e. The summed E-state index contributed by atoms with van der Waals surface area (Å²) in [5, 5.41) is 9.54. The van der Waals surface area contributed by atoms with Gasteiger partial charge in [0.25, 0.3) is 10.1 Å². The third-order valence-corrected chi connectivity index (χ3v) is 6.14. The second-order valence-corrected chi connectivity index (χ2v) is 8.88. The molecule has 0 aromatic heterocycles. The van der Waals surface area contributed by atoms with E-state index in [4.69, 9.17) is 26.2 Å². The van der Waals surface area contributed by atoms with Crippen molar-refractivity contribution in [3.63, 3.8) is 0 Å². The van der Waals surface area contributed by atoms with E-state index in [-0.39, 0.29) is 18.7 Å². The maximum atomic E-state index is 11.1. The van der Waals surface area contributed by atoms with E-state index in [0.29, 0.717) is 33.6 Å². The van der Waals surface area contributed by atoms with Gasteiger partial charge in [-0.3, -0.25) is 4.55 Å². The van der Waals surface area contributed by atoms with Gasteiger partial charge in [0.2, 0.25) is 5.88 Å². The highest BCUT2D eigenvalue weighted by molar-refractivity contribution is 7.85. The Hall–Kier alpha value is -2.61. The van der Waals surface area contributed by atoms with E-state index in [1.807, 2.05) is 4.90 Å². The molecule has 0 amide bonds. The van der Waals surface area contributed by atoms with Crippen LogP contribution in [0.5, 0.6) is 11.5 Å². The molecule has 3 rings (SSSR count). The first-order valence-electron chi connectivity index (χ1n) is 9.52. The van der Waals surface area contributed by atoms with Crippen molar-refractivity contribution in [2.75, 3.05) is 37.4 Å². The summed E-state index contributed by atoms with van der Waals surface area (Å²) in [6.45, 7) is 1.98. The second kappa shape index (κ2) is 9.47. The van der Waals surface area contributed by atoms with Crippen molar-refractivity contribution in [1.29, 1.82) is 5.26 Å². The van der Waals surface area contributed by atoms with Crippen LogP contribution < -0.4 is 14.4 Å². The van der Waals surface area contributed by atoms with Crippen molar-refractivity contribution >= 4 is 33.0 Å². The summed E-state index contributed by atoms with van der Waals surface area (Å²) in [4.78, 5) is 4.32. The molecule has 0 aliphatic carbocycles. The van der Waals surface area contributed by atoms with Crippen LogP contribution in [-0.4, -0.2) is 55.4 Å². The van der Waals surface area contributed by atoms with Crippen molar-refractivity contribution in [3.05, 3.63) is 41.8 Å². The van der Waals surface area contributed by atoms with Gasteiger partial charge in [-0.1, -0.05) is 12.2 Å². The number of benzene rings is 1.